The van der Waals surface area contributed by atoms with E-state index in [1.54, 1.807) is 31.4 Å². The average molecular weight is 418 g/mol. The molecule has 3 rings (SSSR count). The van der Waals surface area contributed by atoms with E-state index in [2.05, 4.69) is 10.6 Å². The molecule has 0 unspecified atom stereocenters. The lowest BCUT2D eigenvalue weighted by atomic mass is 10.1. The molecule has 0 saturated carbocycles. The summed E-state index contributed by atoms with van der Waals surface area (Å²) in [6.45, 7) is 4.28. The Labute approximate surface area is 182 Å². The number of hydrogen-bond donors (Lipinski definition) is 2. The number of benzene rings is 3. The van der Waals surface area contributed by atoms with Crippen LogP contribution in [0, 0.1) is 13.8 Å². The first kappa shape index (κ1) is 21.9. The van der Waals surface area contributed by atoms with Crippen molar-refractivity contribution < 1.29 is 19.1 Å². The van der Waals surface area contributed by atoms with Crippen molar-refractivity contribution in [2.45, 2.75) is 20.4 Å². The molecule has 0 spiro atoms. The van der Waals surface area contributed by atoms with E-state index in [4.69, 9.17) is 9.47 Å². The van der Waals surface area contributed by atoms with Gasteiger partial charge in [-0.2, -0.15) is 0 Å². The molecule has 0 fully saturated rings. The van der Waals surface area contributed by atoms with Gasteiger partial charge in [-0.05, 0) is 73.0 Å². The molecule has 3 aromatic carbocycles. The lowest BCUT2D eigenvalue weighted by Crippen LogP contribution is -2.28. The second-order valence-corrected chi connectivity index (χ2v) is 7.14. The van der Waals surface area contributed by atoms with Crippen molar-refractivity contribution in [1.29, 1.82) is 0 Å². The SMILES string of the molecule is COc1ccc(CNC(=O)COc2ccc(C(=O)Nc3cccc(C)c3C)cc2)cc1. The standard InChI is InChI=1S/C25H26N2O4/c1-17-5-4-6-23(18(17)2)27-25(29)20-9-13-22(14-10-20)31-16-24(28)26-15-19-7-11-21(30-3)12-8-19/h4-14H,15-16H2,1-3H3,(H,26,28)(H,27,29). The van der Waals surface area contributed by atoms with E-state index in [-0.39, 0.29) is 18.4 Å². The second-order valence-electron chi connectivity index (χ2n) is 7.14. The highest BCUT2D eigenvalue weighted by atomic mass is 16.5. The van der Waals surface area contributed by atoms with Crippen LogP contribution in [0.2, 0.25) is 0 Å². The van der Waals surface area contributed by atoms with Gasteiger partial charge in [-0.25, -0.2) is 0 Å². The van der Waals surface area contributed by atoms with E-state index in [0.29, 0.717) is 17.9 Å². The number of rotatable bonds is 8. The number of ether oxygens (including phenoxy) is 2. The molecule has 2 N–H and O–H groups in total. The van der Waals surface area contributed by atoms with Crippen molar-refractivity contribution in [1.82, 2.24) is 5.32 Å². The maximum Gasteiger partial charge on any atom is 0.258 e. The Morgan fingerprint density at radius 3 is 2.23 bits per heavy atom. The first-order valence-electron chi connectivity index (χ1n) is 9.96. The summed E-state index contributed by atoms with van der Waals surface area (Å²) in [6.07, 6.45) is 0. The van der Waals surface area contributed by atoms with Crippen molar-refractivity contribution in [3.8, 4) is 11.5 Å². The summed E-state index contributed by atoms with van der Waals surface area (Å²) in [5.41, 5.74) is 4.42. The number of amides is 2. The Morgan fingerprint density at radius 1 is 0.871 bits per heavy atom. The fourth-order valence-electron chi connectivity index (χ4n) is 2.93. The fraction of sp³-hybridized carbons (Fsp3) is 0.200. The van der Waals surface area contributed by atoms with E-state index in [9.17, 15) is 9.59 Å². The van der Waals surface area contributed by atoms with Crippen LogP contribution in [0.1, 0.15) is 27.0 Å². The third-order valence-electron chi connectivity index (χ3n) is 4.99. The molecule has 0 saturated heterocycles. The zero-order chi connectivity index (χ0) is 22.2. The molecular formula is C25H26N2O4. The number of carbonyl (C=O) groups excluding carboxylic acids is 2. The molecule has 6 nitrogen and oxygen atoms in total. The lowest BCUT2D eigenvalue weighted by molar-refractivity contribution is -0.123. The van der Waals surface area contributed by atoms with Gasteiger partial charge >= 0.3 is 0 Å². The molecule has 160 valence electrons. The summed E-state index contributed by atoms with van der Waals surface area (Å²) in [5.74, 6) is 0.859. The van der Waals surface area contributed by atoms with Crippen molar-refractivity contribution >= 4 is 17.5 Å². The monoisotopic (exact) mass is 418 g/mol. The fourth-order valence-corrected chi connectivity index (χ4v) is 2.93. The second kappa shape index (κ2) is 10.3. The van der Waals surface area contributed by atoms with Gasteiger partial charge in [-0.3, -0.25) is 9.59 Å². The molecule has 0 aromatic heterocycles. The predicted octanol–water partition coefficient (Wildman–Crippen LogP) is 4.26. The molecule has 0 atom stereocenters. The minimum atomic E-state index is -0.229. The molecule has 6 heteroatoms. The molecule has 0 heterocycles. The van der Waals surface area contributed by atoms with E-state index >= 15 is 0 Å². The maximum absolute atomic E-state index is 12.5. The van der Waals surface area contributed by atoms with Crippen LogP contribution in [0.5, 0.6) is 11.5 Å². The number of carbonyl (C=O) groups is 2. The van der Waals surface area contributed by atoms with Crippen molar-refractivity contribution in [3.05, 3.63) is 89.0 Å². The Bertz CT molecular complexity index is 1040. The van der Waals surface area contributed by atoms with Crippen LogP contribution in [0.4, 0.5) is 5.69 Å². The highest BCUT2D eigenvalue weighted by molar-refractivity contribution is 6.04. The molecule has 31 heavy (non-hydrogen) atoms. The van der Waals surface area contributed by atoms with Gasteiger partial charge in [-0.15, -0.1) is 0 Å². The van der Waals surface area contributed by atoms with Gasteiger partial charge in [0, 0.05) is 17.8 Å². The summed E-state index contributed by atoms with van der Waals surface area (Å²) in [6, 6.07) is 20.0. The quantitative estimate of drug-likeness (QED) is 0.573. The van der Waals surface area contributed by atoms with Gasteiger partial charge in [0.05, 0.1) is 7.11 Å². The highest BCUT2D eigenvalue weighted by Gasteiger charge is 2.09. The largest absolute Gasteiger partial charge is 0.497 e. The third kappa shape index (κ3) is 6.09. The molecule has 2 amide bonds. The van der Waals surface area contributed by atoms with Crippen LogP contribution in [-0.4, -0.2) is 25.5 Å². The number of methoxy groups -OCH3 is 1. The van der Waals surface area contributed by atoms with E-state index in [1.165, 1.54) is 0 Å². The summed E-state index contributed by atoms with van der Waals surface area (Å²) in [7, 11) is 1.61. The molecule has 3 aromatic rings. The first-order valence-corrected chi connectivity index (χ1v) is 9.96. The van der Waals surface area contributed by atoms with Crippen molar-refractivity contribution in [2.75, 3.05) is 19.0 Å². The van der Waals surface area contributed by atoms with Gasteiger partial charge in [0.25, 0.3) is 11.8 Å². The number of hydrogen-bond acceptors (Lipinski definition) is 4. The summed E-state index contributed by atoms with van der Waals surface area (Å²) in [4.78, 5) is 24.5. The average Bonchev–Trinajstić information content (AvgIpc) is 2.80. The van der Waals surface area contributed by atoms with Crippen LogP contribution in [0.25, 0.3) is 0 Å². The van der Waals surface area contributed by atoms with Crippen molar-refractivity contribution in [3.63, 3.8) is 0 Å². The van der Waals surface area contributed by atoms with Crippen LogP contribution in [0.15, 0.2) is 66.7 Å². The smallest absolute Gasteiger partial charge is 0.258 e. The van der Waals surface area contributed by atoms with Crippen LogP contribution in [-0.2, 0) is 11.3 Å². The Balaban J connectivity index is 1.47. The number of aryl methyl sites for hydroxylation is 1. The number of anilines is 1. The maximum atomic E-state index is 12.5. The van der Waals surface area contributed by atoms with Gasteiger partial charge < -0.3 is 20.1 Å². The Hall–Kier alpha value is -3.80. The van der Waals surface area contributed by atoms with Crippen LogP contribution in [0.3, 0.4) is 0 Å². The molecule has 0 aliphatic heterocycles. The summed E-state index contributed by atoms with van der Waals surface area (Å²) in [5, 5.41) is 5.73. The zero-order valence-electron chi connectivity index (χ0n) is 17.9. The first-order chi connectivity index (χ1) is 15.0. The number of nitrogens with one attached hydrogen (secondary N) is 2. The van der Waals surface area contributed by atoms with Gasteiger partial charge in [0.1, 0.15) is 11.5 Å². The molecule has 0 aliphatic rings. The predicted molar refractivity (Wildman–Crippen MR) is 121 cm³/mol. The normalized spacial score (nSPS) is 10.3. The Kier molecular flexibility index (Phi) is 7.27. The minimum Gasteiger partial charge on any atom is -0.497 e. The van der Waals surface area contributed by atoms with E-state index in [0.717, 1.165) is 28.1 Å². The summed E-state index contributed by atoms with van der Waals surface area (Å²) < 4.78 is 10.6. The van der Waals surface area contributed by atoms with Crippen LogP contribution < -0.4 is 20.1 Å². The van der Waals surface area contributed by atoms with Crippen LogP contribution >= 0.6 is 0 Å². The van der Waals surface area contributed by atoms with Gasteiger partial charge in [0.2, 0.25) is 0 Å². The summed E-state index contributed by atoms with van der Waals surface area (Å²) >= 11 is 0. The van der Waals surface area contributed by atoms with Gasteiger partial charge in [-0.1, -0.05) is 24.3 Å². The molecule has 0 bridgehead atoms. The van der Waals surface area contributed by atoms with E-state index in [1.807, 2.05) is 56.3 Å². The lowest BCUT2D eigenvalue weighted by Gasteiger charge is -2.11. The molecule has 0 radical (unpaired) electrons. The molecular weight excluding hydrogens is 392 g/mol. The Morgan fingerprint density at radius 2 is 1.55 bits per heavy atom. The van der Waals surface area contributed by atoms with E-state index < -0.39 is 0 Å². The topological polar surface area (TPSA) is 76.7 Å². The minimum absolute atomic E-state index is 0.107. The van der Waals surface area contributed by atoms with Gasteiger partial charge in [0.15, 0.2) is 6.61 Å². The third-order valence-corrected chi connectivity index (χ3v) is 4.99. The zero-order valence-corrected chi connectivity index (χ0v) is 17.9. The molecule has 0 aliphatic carbocycles. The highest BCUT2D eigenvalue weighted by Crippen LogP contribution is 2.20. The van der Waals surface area contributed by atoms with Crippen molar-refractivity contribution in [2.24, 2.45) is 0 Å².